The summed E-state index contributed by atoms with van der Waals surface area (Å²) in [4.78, 5) is 10.7. The van der Waals surface area contributed by atoms with Crippen LogP contribution in [-0.4, -0.2) is 20.2 Å². The lowest BCUT2D eigenvalue weighted by molar-refractivity contribution is 0.491. The fourth-order valence-electron chi connectivity index (χ4n) is 2.20. The van der Waals surface area contributed by atoms with Gasteiger partial charge in [0.05, 0.1) is 10.5 Å². The first-order valence-electron chi connectivity index (χ1n) is 6.96. The quantitative estimate of drug-likeness (QED) is 0.935. The number of nitrogens with one attached hydrogen (secondary N) is 1. The molecule has 0 atom stereocenters. The van der Waals surface area contributed by atoms with Gasteiger partial charge in [0.1, 0.15) is 5.82 Å². The smallest absolute Gasteiger partial charge is 0.241 e. The molecule has 0 aliphatic heterocycles. The minimum absolute atomic E-state index is 0.0423. The van der Waals surface area contributed by atoms with E-state index < -0.39 is 21.4 Å². The minimum atomic E-state index is -3.85. The van der Waals surface area contributed by atoms with Gasteiger partial charge in [-0.15, -0.1) is 0 Å². The SMILES string of the molecule is CC(C)(C)NS(=O)(=O)c1ccccc1-c1cccc([C]=O)c1F. The molecule has 2 aromatic rings. The average Bonchev–Trinajstić information content (AvgIpc) is 2.45. The van der Waals surface area contributed by atoms with Crippen molar-refractivity contribution in [2.24, 2.45) is 0 Å². The molecule has 0 aromatic heterocycles. The molecule has 0 saturated heterocycles. The Morgan fingerprint density at radius 2 is 1.61 bits per heavy atom. The Balaban J connectivity index is 2.66. The largest absolute Gasteiger partial charge is 0.285 e. The van der Waals surface area contributed by atoms with E-state index >= 15 is 0 Å². The van der Waals surface area contributed by atoms with Gasteiger partial charge in [-0.3, -0.25) is 4.79 Å². The van der Waals surface area contributed by atoms with Crippen LogP contribution >= 0.6 is 0 Å². The second-order valence-electron chi connectivity index (χ2n) is 6.12. The van der Waals surface area contributed by atoms with Crippen molar-refractivity contribution in [3.63, 3.8) is 0 Å². The molecule has 0 unspecified atom stereocenters. The molecule has 1 N–H and O–H groups in total. The predicted octanol–water partition coefficient (Wildman–Crippen LogP) is 3.03. The Morgan fingerprint density at radius 3 is 2.22 bits per heavy atom. The number of hydrogen-bond acceptors (Lipinski definition) is 3. The summed E-state index contributed by atoms with van der Waals surface area (Å²) in [6.07, 6.45) is 1.51. The van der Waals surface area contributed by atoms with E-state index in [2.05, 4.69) is 4.72 Å². The molecule has 23 heavy (non-hydrogen) atoms. The van der Waals surface area contributed by atoms with Gasteiger partial charge in [0.2, 0.25) is 16.3 Å². The number of rotatable bonds is 4. The van der Waals surface area contributed by atoms with Gasteiger partial charge in [-0.05, 0) is 32.9 Å². The maximum Gasteiger partial charge on any atom is 0.241 e. The lowest BCUT2D eigenvalue weighted by Gasteiger charge is -2.21. The molecule has 0 aliphatic carbocycles. The van der Waals surface area contributed by atoms with Crippen LogP contribution in [0.2, 0.25) is 0 Å². The molecule has 4 nitrogen and oxygen atoms in total. The summed E-state index contributed by atoms with van der Waals surface area (Å²) in [7, 11) is -3.85. The second kappa shape index (κ2) is 6.22. The Bertz CT molecular complexity index is 839. The van der Waals surface area contributed by atoms with Crippen molar-refractivity contribution in [3.8, 4) is 11.1 Å². The number of benzene rings is 2. The maximum atomic E-state index is 14.4. The molecule has 0 saturated carbocycles. The molecule has 0 bridgehead atoms. The van der Waals surface area contributed by atoms with E-state index in [1.807, 2.05) is 0 Å². The Labute approximate surface area is 135 Å². The van der Waals surface area contributed by atoms with Gasteiger partial charge in [0.15, 0.2) is 0 Å². The fraction of sp³-hybridized carbons (Fsp3) is 0.235. The Morgan fingerprint density at radius 1 is 1.00 bits per heavy atom. The van der Waals surface area contributed by atoms with Crippen molar-refractivity contribution in [1.82, 2.24) is 4.72 Å². The van der Waals surface area contributed by atoms with Crippen LogP contribution in [-0.2, 0) is 14.8 Å². The normalized spacial score (nSPS) is 12.2. The Kier molecular flexibility index (Phi) is 4.68. The topological polar surface area (TPSA) is 63.2 Å². The number of halogens is 1. The van der Waals surface area contributed by atoms with Crippen LogP contribution in [0.3, 0.4) is 0 Å². The van der Waals surface area contributed by atoms with Gasteiger partial charge in [-0.2, -0.15) is 0 Å². The molecule has 0 amide bonds. The van der Waals surface area contributed by atoms with Crippen molar-refractivity contribution in [2.75, 3.05) is 0 Å². The van der Waals surface area contributed by atoms with Gasteiger partial charge < -0.3 is 0 Å². The monoisotopic (exact) mass is 334 g/mol. The molecule has 121 valence electrons. The van der Waals surface area contributed by atoms with Crippen LogP contribution in [0.15, 0.2) is 47.4 Å². The molecule has 2 aromatic carbocycles. The van der Waals surface area contributed by atoms with Crippen molar-refractivity contribution in [1.29, 1.82) is 0 Å². The molecule has 0 fully saturated rings. The van der Waals surface area contributed by atoms with Crippen LogP contribution < -0.4 is 4.72 Å². The molecular weight excluding hydrogens is 317 g/mol. The highest BCUT2D eigenvalue weighted by atomic mass is 32.2. The van der Waals surface area contributed by atoms with Crippen LogP contribution in [0, 0.1) is 5.82 Å². The lowest BCUT2D eigenvalue weighted by Crippen LogP contribution is -2.40. The standard InChI is InChI=1S/C17H17FNO3S/c1-17(2,3)19-23(21,22)15-10-5-4-8-13(15)14-9-6-7-12(11-20)16(14)18/h4-10,19H,1-3H3. The summed E-state index contributed by atoms with van der Waals surface area (Å²) in [6.45, 7) is 5.15. The Hall–Kier alpha value is -2.05. The summed E-state index contributed by atoms with van der Waals surface area (Å²) in [6, 6.07) is 10.3. The zero-order chi connectivity index (χ0) is 17.3. The summed E-state index contributed by atoms with van der Waals surface area (Å²) < 4.78 is 42.1. The fourth-order valence-corrected chi connectivity index (χ4v) is 3.84. The summed E-state index contributed by atoms with van der Waals surface area (Å²) in [5, 5.41) is 0. The molecule has 1 radical (unpaired) electrons. The van der Waals surface area contributed by atoms with Gasteiger partial charge in [0.25, 0.3) is 0 Å². The van der Waals surface area contributed by atoms with E-state index in [0.717, 1.165) is 0 Å². The van der Waals surface area contributed by atoms with E-state index in [0.29, 0.717) is 0 Å². The third kappa shape index (κ3) is 3.83. The van der Waals surface area contributed by atoms with Gasteiger partial charge in [-0.25, -0.2) is 17.5 Å². The molecule has 0 spiro atoms. The molecule has 6 heteroatoms. The van der Waals surface area contributed by atoms with E-state index in [-0.39, 0.29) is 21.6 Å². The van der Waals surface area contributed by atoms with Crippen LogP contribution in [0.4, 0.5) is 4.39 Å². The minimum Gasteiger partial charge on any atom is -0.285 e. The summed E-state index contributed by atoms with van der Waals surface area (Å²) >= 11 is 0. The molecular formula is C17H17FNO3S. The van der Waals surface area contributed by atoms with E-state index in [4.69, 9.17) is 0 Å². The first kappa shape index (κ1) is 17.3. The average molecular weight is 334 g/mol. The third-order valence-corrected chi connectivity index (χ3v) is 4.83. The number of carbonyl (C=O) groups excluding carboxylic acids is 1. The number of sulfonamides is 1. The lowest BCUT2D eigenvalue weighted by atomic mass is 10.0. The van der Waals surface area contributed by atoms with E-state index in [1.54, 1.807) is 32.9 Å². The molecule has 0 aliphatic rings. The van der Waals surface area contributed by atoms with Crippen molar-refractivity contribution in [3.05, 3.63) is 53.8 Å². The van der Waals surface area contributed by atoms with Crippen LogP contribution in [0.1, 0.15) is 26.3 Å². The first-order valence-corrected chi connectivity index (χ1v) is 8.44. The third-order valence-electron chi connectivity index (χ3n) is 3.02. The van der Waals surface area contributed by atoms with Gasteiger partial charge >= 0.3 is 0 Å². The van der Waals surface area contributed by atoms with E-state index in [1.165, 1.54) is 36.6 Å². The van der Waals surface area contributed by atoms with Gasteiger partial charge in [0, 0.05) is 16.7 Å². The molecule has 2 rings (SSSR count). The highest BCUT2D eigenvalue weighted by Crippen LogP contribution is 2.30. The predicted molar refractivity (Wildman–Crippen MR) is 86.7 cm³/mol. The highest BCUT2D eigenvalue weighted by molar-refractivity contribution is 7.89. The number of hydrogen-bond donors (Lipinski definition) is 1. The summed E-state index contributed by atoms with van der Waals surface area (Å²) in [5.41, 5.74) is -0.679. The zero-order valence-corrected chi connectivity index (χ0v) is 13.9. The highest BCUT2D eigenvalue weighted by Gasteiger charge is 2.25. The molecule has 0 heterocycles. The van der Waals surface area contributed by atoms with Crippen molar-refractivity contribution >= 4 is 16.3 Å². The van der Waals surface area contributed by atoms with Crippen LogP contribution in [0.5, 0.6) is 0 Å². The van der Waals surface area contributed by atoms with E-state index in [9.17, 15) is 17.6 Å². The first-order chi connectivity index (χ1) is 10.7. The zero-order valence-electron chi connectivity index (χ0n) is 13.1. The second-order valence-corrected chi connectivity index (χ2v) is 7.77. The van der Waals surface area contributed by atoms with Crippen molar-refractivity contribution < 1.29 is 17.6 Å². The summed E-state index contributed by atoms with van der Waals surface area (Å²) in [5.74, 6) is -0.791. The van der Waals surface area contributed by atoms with Crippen molar-refractivity contribution in [2.45, 2.75) is 31.2 Å². The van der Waals surface area contributed by atoms with Crippen LogP contribution in [0.25, 0.3) is 11.1 Å². The maximum absolute atomic E-state index is 14.4. The van der Waals surface area contributed by atoms with Gasteiger partial charge in [-0.1, -0.05) is 30.3 Å².